The largest absolute Gasteiger partial charge is 0.333 e. The van der Waals surface area contributed by atoms with Gasteiger partial charge in [0, 0.05) is 24.5 Å². The lowest BCUT2D eigenvalue weighted by atomic mass is 10.0. The van der Waals surface area contributed by atoms with Crippen molar-refractivity contribution in [1.82, 2.24) is 20.1 Å². The number of carbonyl (C=O) groups is 1. The maximum atomic E-state index is 13.0. The number of amides is 1. The lowest BCUT2D eigenvalue weighted by Gasteiger charge is -2.28. The van der Waals surface area contributed by atoms with Crippen LogP contribution in [0.1, 0.15) is 34.3 Å². The number of hydrogen-bond acceptors (Lipinski definition) is 3. The van der Waals surface area contributed by atoms with Gasteiger partial charge in [-0.1, -0.05) is 36.4 Å². The topological polar surface area (TPSA) is 61.9 Å². The molecule has 1 N–H and O–H groups in total. The zero-order chi connectivity index (χ0) is 17.8. The predicted octanol–water partition coefficient (Wildman–Crippen LogP) is 3.21. The van der Waals surface area contributed by atoms with Gasteiger partial charge < -0.3 is 4.90 Å². The van der Waals surface area contributed by atoms with Gasteiger partial charge in [0.15, 0.2) is 0 Å². The summed E-state index contributed by atoms with van der Waals surface area (Å²) in [6.07, 6.45) is 2.08. The highest BCUT2D eigenvalue weighted by Gasteiger charge is 2.25. The maximum absolute atomic E-state index is 13.0. The summed E-state index contributed by atoms with van der Waals surface area (Å²) in [5, 5.41) is 7.12. The highest BCUT2D eigenvalue weighted by atomic mass is 16.2. The van der Waals surface area contributed by atoms with Crippen LogP contribution in [-0.4, -0.2) is 33.0 Å². The van der Waals surface area contributed by atoms with Gasteiger partial charge in [-0.3, -0.25) is 14.9 Å². The fourth-order valence-corrected chi connectivity index (χ4v) is 3.02. The standard InChI is InChI=1S/C20H22N4O/c1-14-17(15(2)23-22-14)13-19(25)24(3)20(16-9-5-4-6-10-16)18-11-7-8-12-21-18/h4-12,20H,13H2,1-3H3,(H,22,23). The SMILES string of the molecule is Cc1n[nH]c(C)c1CC(=O)N(C)C(c1ccccc1)c1ccccn1. The van der Waals surface area contributed by atoms with Crippen LogP contribution in [0.5, 0.6) is 0 Å². The fraction of sp³-hybridized carbons (Fsp3) is 0.250. The van der Waals surface area contributed by atoms with Crippen LogP contribution < -0.4 is 0 Å². The Bertz CT molecular complexity index is 784. The molecule has 1 atom stereocenters. The lowest BCUT2D eigenvalue weighted by Crippen LogP contribution is -2.33. The van der Waals surface area contributed by atoms with Gasteiger partial charge in [0.2, 0.25) is 5.91 Å². The van der Waals surface area contributed by atoms with Crippen molar-refractivity contribution in [2.45, 2.75) is 26.3 Å². The first kappa shape index (κ1) is 16.9. The van der Waals surface area contributed by atoms with Crippen LogP contribution in [0.15, 0.2) is 54.7 Å². The summed E-state index contributed by atoms with van der Waals surface area (Å²) >= 11 is 0. The Hall–Kier alpha value is -2.95. The molecule has 0 spiro atoms. The third-order valence-corrected chi connectivity index (χ3v) is 4.47. The van der Waals surface area contributed by atoms with E-state index in [1.54, 1.807) is 11.1 Å². The minimum absolute atomic E-state index is 0.0344. The Balaban J connectivity index is 1.92. The van der Waals surface area contributed by atoms with Crippen molar-refractivity contribution in [2.75, 3.05) is 7.05 Å². The van der Waals surface area contributed by atoms with Crippen molar-refractivity contribution in [3.8, 4) is 0 Å². The van der Waals surface area contributed by atoms with Gasteiger partial charge in [0.25, 0.3) is 0 Å². The van der Waals surface area contributed by atoms with E-state index in [4.69, 9.17) is 0 Å². The lowest BCUT2D eigenvalue weighted by molar-refractivity contribution is -0.130. The average molecular weight is 334 g/mol. The minimum Gasteiger partial charge on any atom is -0.333 e. The molecule has 5 nitrogen and oxygen atoms in total. The second-order valence-corrected chi connectivity index (χ2v) is 6.16. The third-order valence-electron chi connectivity index (χ3n) is 4.47. The molecular formula is C20H22N4O. The molecule has 2 aromatic heterocycles. The molecule has 0 aliphatic heterocycles. The molecule has 0 bridgehead atoms. The Kier molecular flexibility index (Phi) is 4.93. The highest BCUT2D eigenvalue weighted by molar-refractivity contribution is 5.80. The summed E-state index contributed by atoms with van der Waals surface area (Å²) in [6, 6.07) is 15.5. The smallest absolute Gasteiger partial charge is 0.227 e. The Morgan fingerprint density at radius 3 is 2.44 bits per heavy atom. The van der Waals surface area contributed by atoms with E-state index in [-0.39, 0.29) is 11.9 Å². The average Bonchev–Trinajstić information content (AvgIpc) is 2.95. The molecule has 3 aromatic rings. The zero-order valence-corrected chi connectivity index (χ0v) is 14.7. The van der Waals surface area contributed by atoms with Crippen LogP contribution in [0.4, 0.5) is 0 Å². The van der Waals surface area contributed by atoms with Gasteiger partial charge in [-0.2, -0.15) is 5.10 Å². The second-order valence-electron chi connectivity index (χ2n) is 6.16. The van der Waals surface area contributed by atoms with Crippen LogP contribution in [0.2, 0.25) is 0 Å². The van der Waals surface area contributed by atoms with Crippen molar-refractivity contribution in [3.05, 3.63) is 82.9 Å². The van der Waals surface area contributed by atoms with Crippen molar-refractivity contribution < 1.29 is 4.79 Å². The Morgan fingerprint density at radius 1 is 1.12 bits per heavy atom. The summed E-state index contributed by atoms with van der Waals surface area (Å²) in [6.45, 7) is 3.86. The van der Waals surface area contributed by atoms with Crippen molar-refractivity contribution in [1.29, 1.82) is 0 Å². The number of carbonyl (C=O) groups excluding carboxylic acids is 1. The number of nitrogens with one attached hydrogen (secondary N) is 1. The zero-order valence-electron chi connectivity index (χ0n) is 14.7. The summed E-state index contributed by atoms with van der Waals surface area (Å²) in [5.74, 6) is 0.0344. The molecular weight excluding hydrogens is 312 g/mol. The molecule has 0 aliphatic carbocycles. The fourth-order valence-electron chi connectivity index (χ4n) is 3.02. The van der Waals surface area contributed by atoms with Gasteiger partial charge in [-0.15, -0.1) is 0 Å². The predicted molar refractivity (Wildman–Crippen MR) is 97.1 cm³/mol. The monoisotopic (exact) mass is 334 g/mol. The summed E-state index contributed by atoms with van der Waals surface area (Å²) in [5.41, 5.74) is 4.66. The van der Waals surface area contributed by atoms with E-state index in [0.717, 1.165) is 28.2 Å². The number of likely N-dealkylation sites (N-methyl/N-ethyl adjacent to an activating group) is 1. The maximum Gasteiger partial charge on any atom is 0.227 e. The van der Waals surface area contributed by atoms with Crippen LogP contribution in [-0.2, 0) is 11.2 Å². The molecule has 0 saturated heterocycles. The molecule has 0 saturated carbocycles. The molecule has 5 heteroatoms. The van der Waals surface area contributed by atoms with Crippen LogP contribution in [0.25, 0.3) is 0 Å². The molecule has 1 aromatic carbocycles. The highest BCUT2D eigenvalue weighted by Crippen LogP contribution is 2.27. The number of H-pyrrole nitrogens is 1. The number of aromatic nitrogens is 3. The van der Waals surface area contributed by atoms with E-state index in [2.05, 4.69) is 15.2 Å². The summed E-state index contributed by atoms with van der Waals surface area (Å²) in [4.78, 5) is 19.2. The third kappa shape index (κ3) is 3.60. The first-order valence-electron chi connectivity index (χ1n) is 8.30. The Labute approximate surface area is 147 Å². The van der Waals surface area contributed by atoms with E-state index in [9.17, 15) is 4.79 Å². The van der Waals surface area contributed by atoms with Crippen molar-refractivity contribution >= 4 is 5.91 Å². The number of aromatic amines is 1. The van der Waals surface area contributed by atoms with Gasteiger partial charge in [0.05, 0.1) is 23.9 Å². The summed E-state index contributed by atoms with van der Waals surface area (Å²) < 4.78 is 0. The molecule has 128 valence electrons. The summed E-state index contributed by atoms with van der Waals surface area (Å²) in [7, 11) is 1.83. The first-order valence-corrected chi connectivity index (χ1v) is 8.30. The van der Waals surface area contributed by atoms with Crippen LogP contribution in [0.3, 0.4) is 0 Å². The molecule has 0 radical (unpaired) electrons. The van der Waals surface area contributed by atoms with Crippen molar-refractivity contribution in [3.63, 3.8) is 0 Å². The van der Waals surface area contributed by atoms with Crippen molar-refractivity contribution in [2.24, 2.45) is 0 Å². The second kappa shape index (κ2) is 7.30. The number of hydrogen-bond donors (Lipinski definition) is 1. The Morgan fingerprint density at radius 2 is 1.84 bits per heavy atom. The molecule has 2 heterocycles. The number of aryl methyl sites for hydroxylation is 2. The molecule has 0 fully saturated rings. The van der Waals surface area contributed by atoms with Crippen LogP contribution in [0, 0.1) is 13.8 Å². The van der Waals surface area contributed by atoms with E-state index in [1.165, 1.54) is 0 Å². The molecule has 3 rings (SSSR count). The van der Waals surface area contributed by atoms with E-state index in [1.807, 2.05) is 69.4 Å². The van der Waals surface area contributed by atoms with Crippen LogP contribution >= 0.6 is 0 Å². The number of nitrogens with zero attached hydrogens (tertiary/aromatic N) is 3. The van der Waals surface area contributed by atoms with Gasteiger partial charge >= 0.3 is 0 Å². The normalized spacial score (nSPS) is 12.0. The molecule has 25 heavy (non-hydrogen) atoms. The van der Waals surface area contributed by atoms with E-state index >= 15 is 0 Å². The number of rotatable bonds is 5. The molecule has 1 amide bonds. The van der Waals surface area contributed by atoms with Gasteiger partial charge in [-0.05, 0) is 31.5 Å². The number of pyridine rings is 1. The van der Waals surface area contributed by atoms with E-state index < -0.39 is 0 Å². The minimum atomic E-state index is -0.220. The molecule has 0 aliphatic rings. The first-order chi connectivity index (χ1) is 12.1. The molecule has 1 unspecified atom stereocenters. The van der Waals surface area contributed by atoms with Gasteiger partial charge in [0.1, 0.15) is 0 Å². The van der Waals surface area contributed by atoms with E-state index in [0.29, 0.717) is 6.42 Å². The van der Waals surface area contributed by atoms with Gasteiger partial charge in [-0.25, -0.2) is 0 Å². The number of benzene rings is 1. The quantitative estimate of drug-likeness (QED) is 0.779.